The molecule has 2 atom stereocenters. The topological polar surface area (TPSA) is 20.2 Å². The van der Waals surface area contributed by atoms with Crippen LogP contribution in [0.5, 0.6) is 0 Å². The van der Waals surface area contributed by atoms with Crippen LogP contribution < -0.4 is 0 Å². The molecule has 1 heteroatoms. The van der Waals surface area contributed by atoms with Crippen molar-refractivity contribution in [2.75, 3.05) is 0 Å². The van der Waals surface area contributed by atoms with Gasteiger partial charge in [-0.1, -0.05) is 27.2 Å². The predicted octanol–water partition coefficient (Wildman–Crippen LogP) is 2.05. The average molecular weight is 130 g/mol. The third-order valence-corrected chi connectivity index (χ3v) is 1.95. The second kappa shape index (κ2) is 3.89. The van der Waals surface area contributed by atoms with Crippen molar-refractivity contribution >= 4 is 0 Å². The average Bonchev–Trinajstić information content (AvgIpc) is 1.64. The summed E-state index contributed by atoms with van der Waals surface area (Å²) in [6, 6.07) is 0. The standard InChI is InChI=1S/C8H18O/c1-5-8(6(2)3)7(4)9/h6-9H,5H2,1-4H3/t7-,8+/m1/s1. The second-order valence-corrected chi connectivity index (χ2v) is 3.06. The summed E-state index contributed by atoms with van der Waals surface area (Å²) >= 11 is 0. The van der Waals surface area contributed by atoms with Gasteiger partial charge in [0.05, 0.1) is 6.10 Å². The normalized spacial score (nSPS) is 18.0. The van der Waals surface area contributed by atoms with Crippen LogP contribution in [0.3, 0.4) is 0 Å². The van der Waals surface area contributed by atoms with Gasteiger partial charge in [-0.2, -0.15) is 0 Å². The fraction of sp³-hybridized carbons (Fsp3) is 1.00. The first-order valence-corrected chi connectivity index (χ1v) is 3.77. The highest BCUT2D eigenvalue weighted by atomic mass is 16.3. The van der Waals surface area contributed by atoms with Crippen molar-refractivity contribution in [3.05, 3.63) is 0 Å². The van der Waals surface area contributed by atoms with E-state index >= 15 is 0 Å². The summed E-state index contributed by atoms with van der Waals surface area (Å²) < 4.78 is 0. The summed E-state index contributed by atoms with van der Waals surface area (Å²) in [5.74, 6) is 1.08. The van der Waals surface area contributed by atoms with Gasteiger partial charge in [0.25, 0.3) is 0 Å². The van der Waals surface area contributed by atoms with E-state index in [9.17, 15) is 5.11 Å². The highest BCUT2D eigenvalue weighted by molar-refractivity contribution is 4.65. The lowest BCUT2D eigenvalue weighted by molar-refractivity contribution is 0.0952. The van der Waals surface area contributed by atoms with Gasteiger partial charge < -0.3 is 5.11 Å². The van der Waals surface area contributed by atoms with E-state index in [1.54, 1.807) is 0 Å². The Hall–Kier alpha value is -0.0400. The maximum atomic E-state index is 9.18. The van der Waals surface area contributed by atoms with Crippen LogP contribution in [0.4, 0.5) is 0 Å². The van der Waals surface area contributed by atoms with Gasteiger partial charge in [-0.25, -0.2) is 0 Å². The molecule has 0 amide bonds. The SMILES string of the molecule is CC[C@@H](C(C)C)[C@@H](C)O. The van der Waals surface area contributed by atoms with Crippen LogP contribution in [0.1, 0.15) is 34.1 Å². The molecule has 9 heavy (non-hydrogen) atoms. The molecule has 0 rings (SSSR count). The van der Waals surface area contributed by atoms with Crippen LogP contribution in [0.15, 0.2) is 0 Å². The monoisotopic (exact) mass is 130 g/mol. The van der Waals surface area contributed by atoms with Gasteiger partial charge >= 0.3 is 0 Å². The predicted molar refractivity (Wildman–Crippen MR) is 40.3 cm³/mol. The Kier molecular flexibility index (Phi) is 3.87. The summed E-state index contributed by atoms with van der Waals surface area (Å²) in [6.45, 7) is 8.30. The molecule has 0 spiro atoms. The largest absolute Gasteiger partial charge is 0.393 e. The molecule has 1 N–H and O–H groups in total. The molecule has 0 fully saturated rings. The van der Waals surface area contributed by atoms with Crippen molar-refractivity contribution in [1.29, 1.82) is 0 Å². The van der Waals surface area contributed by atoms with Crippen molar-refractivity contribution < 1.29 is 5.11 Å². The van der Waals surface area contributed by atoms with Gasteiger partial charge in [0.2, 0.25) is 0 Å². The summed E-state index contributed by atoms with van der Waals surface area (Å²) in [5, 5.41) is 9.18. The second-order valence-electron chi connectivity index (χ2n) is 3.06. The minimum atomic E-state index is -0.144. The Labute approximate surface area is 58.1 Å². The highest BCUT2D eigenvalue weighted by Crippen LogP contribution is 2.18. The molecule has 0 saturated carbocycles. The molecular formula is C8H18O. The molecule has 0 aromatic heterocycles. The van der Waals surface area contributed by atoms with E-state index in [0.717, 1.165) is 6.42 Å². The number of aliphatic hydroxyl groups excluding tert-OH is 1. The zero-order valence-corrected chi connectivity index (χ0v) is 6.89. The van der Waals surface area contributed by atoms with Crippen LogP contribution in [-0.4, -0.2) is 11.2 Å². The summed E-state index contributed by atoms with van der Waals surface area (Å²) in [4.78, 5) is 0. The lowest BCUT2D eigenvalue weighted by atomic mass is 9.89. The van der Waals surface area contributed by atoms with Crippen molar-refractivity contribution in [3.63, 3.8) is 0 Å². The zero-order chi connectivity index (χ0) is 7.44. The Morgan fingerprint density at radius 1 is 1.22 bits per heavy atom. The van der Waals surface area contributed by atoms with Crippen LogP contribution in [0.2, 0.25) is 0 Å². The van der Waals surface area contributed by atoms with E-state index in [0.29, 0.717) is 11.8 Å². The first kappa shape index (κ1) is 8.96. The Morgan fingerprint density at radius 2 is 1.67 bits per heavy atom. The van der Waals surface area contributed by atoms with Gasteiger partial charge in [-0.3, -0.25) is 0 Å². The van der Waals surface area contributed by atoms with Crippen molar-refractivity contribution in [1.82, 2.24) is 0 Å². The van der Waals surface area contributed by atoms with E-state index in [4.69, 9.17) is 0 Å². The van der Waals surface area contributed by atoms with Gasteiger partial charge in [0.1, 0.15) is 0 Å². The van der Waals surface area contributed by atoms with Crippen LogP contribution in [0.25, 0.3) is 0 Å². The maximum Gasteiger partial charge on any atom is 0.0542 e. The van der Waals surface area contributed by atoms with Gasteiger partial charge in [-0.15, -0.1) is 0 Å². The smallest absolute Gasteiger partial charge is 0.0542 e. The minimum Gasteiger partial charge on any atom is -0.393 e. The molecular weight excluding hydrogens is 112 g/mol. The lowest BCUT2D eigenvalue weighted by Gasteiger charge is -2.21. The van der Waals surface area contributed by atoms with Gasteiger partial charge in [0.15, 0.2) is 0 Å². The number of rotatable bonds is 3. The third-order valence-electron chi connectivity index (χ3n) is 1.95. The fourth-order valence-corrected chi connectivity index (χ4v) is 1.37. The lowest BCUT2D eigenvalue weighted by Crippen LogP contribution is -2.20. The van der Waals surface area contributed by atoms with Crippen LogP contribution in [-0.2, 0) is 0 Å². The van der Waals surface area contributed by atoms with Crippen LogP contribution >= 0.6 is 0 Å². The molecule has 0 heterocycles. The summed E-state index contributed by atoms with van der Waals surface area (Å²) in [6.07, 6.45) is 0.935. The van der Waals surface area contributed by atoms with E-state index in [1.165, 1.54) is 0 Å². The molecule has 0 aromatic carbocycles. The van der Waals surface area contributed by atoms with E-state index in [1.807, 2.05) is 6.92 Å². The van der Waals surface area contributed by atoms with Crippen molar-refractivity contribution in [3.8, 4) is 0 Å². The highest BCUT2D eigenvalue weighted by Gasteiger charge is 2.15. The fourth-order valence-electron chi connectivity index (χ4n) is 1.37. The third kappa shape index (κ3) is 2.85. The molecule has 1 nitrogen and oxygen atoms in total. The minimum absolute atomic E-state index is 0.144. The Balaban J connectivity index is 3.68. The van der Waals surface area contributed by atoms with Crippen LogP contribution in [0, 0.1) is 11.8 Å². The quantitative estimate of drug-likeness (QED) is 0.620. The molecule has 0 bridgehead atoms. The molecule has 0 aliphatic carbocycles. The van der Waals surface area contributed by atoms with Gasteiger partial charge in [-0.05, 0) is 18.8 Å². The van der Waals surface area contributed by atoms with E-state index < -0.39 is 0 Å². The molecule has 0 saturated heterocycles. The molecule has 0 aliphatic heterocycles. The molecule has 0 unspecified atom stereocenters. The summed E-state index contributed by atoms with van der Waals surface area (Å²) in [7, 11) is 0. The molecule has 0 aliphatic rings. The maximum absolute atomic E-state index is 9.18. The molecule has 0 radical (unpaired) electrons. The van der Waals surface area contributed by atoms with Crippen molar-refractivity contribution in [2.45, 2.75) is 40.2 Å². The number of aliphatic hydroxyl groups is 1. The number of hydrogen-bond acceptors (Lipinski definition) is 1. The Morgan fingerprint density at radius 3 is 1.67 bits per heavy atom. The van der Waals surface area contributed by atoms with E-state index in [-0.39, 0.29) is 6.10 Å². The molecule has 56 valence electrons. The van der Waals surface area contributed by atoms with Gasteiger partial charge in [0, 0.05) is 0 Å². The summed E-state index contributed by atoms with van der Waals surface area (Å²) in [5.41, 5.74) is 0. The molecule has 0 aromatic rings. The first-order valence-electron chi connectivity index (χ1n) is 3.77. The number of hydrogen-bond donors (Lipinski definition) is 1. The van der Waals surface area contributed by atoms with Crippen molar-refractivity contribution in [2.24, 2.45) is 11.8 Å². The zero-order valence-electron chi connectivity index (χ0n) is 6.89. The van der Waals surface area contributed by atoms with E-state index in [2.05, 4.69) is 20.8 Å². The Bertz CT molecular complexity index is 59.0. The first-order chi connectivity index (χ1) is 4.09.